The lowest BCUT2D eigenvalue weighted by molar-refractivity contribution is 0.145. The van der Waals surface area contributed by atoms with Crippen molar-refractivity contribution in [3.63, 3.8) is 0 Å². The third-order valence-corrected chi connectivity index (χ3v) is 2.12. The maximum Gasteiger partial charge on any atom is 0.122 e. The Morgan fingerprint density at radius 1 is 1.20 bits per heavy atom. The van der Waals surface area contributed by atoms with Gasteiger partial charge in [-0.3, -0.25) is 0 Å². The zero-order valence-corrected chi connectivity index (χ0v) is 9.11. The Bertz CT molecular complexity index is 273. The van der Waals surface area contributed by atoms with Gasteiger partial charge in [-0.2, -0.15) is 0 Å². The Labute approximate surface area is 90.6 Å². The normalized spacial score (nSPS) is 10.3. The summed E-state index contributed by atoms with van der Waals surface area (Å²) in [6.45, 7) is 1.37. The van der Waals surface area contributed by atoms with Crippen molar-refractivity contribution in [1.82, 2.24) is 0 Å². The first-order valence-electron chi connectivity index (χ1n) is 5.19. The van der Waals surface area contributed by atoms with Gasteiger partial charge >= 0.3 is 0 Å². The van der Waals surface area contributed by atoms with Crippen molar-refractivity contribution in [3.8, 4) is 5.75 Å². The van der Waals surface area contributed by atoms with Gasteiger partial charge < -0.3 is 14.6 Å². The highest BCUT2D eigenvalue weighted by Crippen LogP contribution is 2.19. The molecule has 0 amide bonds. The number of rotatable bonds is 7. The van der Waals surface area contributed by atoms with Gasteiger partial charge in [0.2, 0.25) is 0 Å². The molecule has 1 aromatic carbocycles. The molecule has 0 saturated heterocycles. The van der Waals surface area contributed by atoms with E-state index in [4.69, 9.17) is 14.6 Å². The molecule has 0 unspecified atom stereocenters. The van der Waals surface area contributed by atoms with E-state index >= 15 is 0 Å². The lowest BCUT2D eigenvalue weighted by atomic mass is 10.1. The van der Waals surface area contributed by atoms with Gasteiger partial charge in [0.05, 0.1) is 6.61 Å². The van der Waals surface area contributed by atoms with Crippen LogP contribution in [0, 0.1) is 0 Å². The first-order valence-corrected chi connectivity index (χ1v) is 5.19. The van der Waals surface area contributed by atoms with Crippen molar-refractivity contribution in [2.45, 2.75) is 12.8 Å². The van der Waals surface area contributed by atoms with Gasteiger partial charge in [-0.1, -0.05) is 18.2 Å². The summed E-state index contributed by atoms with van der Waals surface area (Å²) >= 11 is 0. The van der Waals surface area contributed by atoms with Gasteiger partial charge in [0.25, 0.3) is 0 Å². The van der Waals surface area contributed by atoms with Crippen LogP contribution in [0.25, 0.3) is 0 Å². The zero-order chi connectivity index (χ0) is 10.9. The van der Waals surface area contributed by atoms with Gasteiger partial charge in [0.15, 0.2) is 0 Å². The minimum atomic E-state index is 0.215. The van der Waals surface area contributed by atoms with Crippen molar-refractivity contribution < 1.29 is 14.6 Å². The van der Waals surface area contributed by atoms with Crippen LogP contribution in [0.4, 0.5) is 0 Å². The van der Waals surface area contributed by atoms with Crippen molar-refractivity contribution in [3.05, 3.63) is 29.8 Å². The molecule has 3 heteroatoms. The van der Waals surface area contributed by atoms with Crippen LogP contribution in [0.5, 0.6) is 5.75 Å². The molecule has 0 radical (unpaired) electrons. The second-order valence-corrected chi connectivity index (χ2v) is 3.28. The molecule has 0 aromatic heterocycles. The fourth-order valence-electron chi connectivity index (χ4n) is 1.36. The number of aliphatic hydroxyl groups excluding tert-OH is 1. The molecule has 0 spiro atoms. The number of para-hydroxylation sites is 1. The highest BCUT2D eigenvalue weighted by molar-refractivity contribution is 5.33. The Hall–Kier alpha value is -1.06. The lowest BCUT2D eigenvalue weighted by Gasteiger charge is -2.10. The fourth-order valence-corrected chi connectivity index (χ4v) is 1.36. The van der Waals surface area contributed by atoms with Crippen LogP contribution < -0.4 is 4.74 Å². The average Bonchev–Trinajstić information content (AvgIpc) is 2.28. The predicted molar refractivity (Wildman–Crippen MR) is 59.2 cm³/mol. The highest BCUT2D eigenvalue weighted by Gasteiger charge is 2.01. The van der Waals surface area contributed by atoms with Crippen LogP contribution in [-0.2, 0) is 11.2 Å². The zero-order valence-electron chi connectivity index (χ0n) is 9.11. The maximum atomic E-state index is 8.77. The maximum absolute atomic E-state index is 8.77. The standard InChI is InChI=1S/C12H18O3/c1-14-9-10-15-12-7-3-2-5-11(12)6-4-8-13/h2-3,5,7,13H,4,6,8-10H2,1H3. The van der Waals surface area contributed by atoms with Gasteiger partial charge in [0.1, 0.15) is 12.4 Å². The second-order valence-electron chi connectivity index (χ2n) is 3.28. The van der Waals surface area contributed by atoms with Crippen LogP contribution in [0.3, 0.4) is 0 Å². The van der Waals surface area contributed by atoms with Crippen LogP contribution in [0.2, 0.25) is 0 Å². The molecule has 0 aliphatic rings. The molecular formula is C12H18O3. The van der Waals surface area contributed by atoms with Crippen LogP contribution in [0.1, 0.15) is 12.0 Å². The van der Waals surface area contributed by atoms with E-state index in [1.165, 1.54) is 0 Å². The van der Waals surface area contributed by atoms with Crippen molar-refractivity contribution in [1.29, 1.82) is 0 Å². The molecule has 3 nitrogen and oxygen atoms in total. The molecular weight excluding hydrogens is 192 g/mol. The third kappa shape index (κ3) is 4.32. The van der Waals surface area contributed by atoms with Gasteiger partial charge in [0, 0.05) is 13.7 Å². The highest BCUT2D eigenvalue weighted by atomic mass is 16.5. The summed E-state index contributed by atoms with van der Waals surface area (Å²) in [7, 11) is 1.65. The molecule has 0 heterocycles. The minimum absolute atomic E-state index is 0.215. The quantitative estimate of drug-likeness (QED) is 0.695. The molecule has 84 valence electrons. The van der Waals surface area contributed by atoms with Crippen molar-refractivity contribution >= 4 is 0 Å². The van der Waals surface area contributed by atoms with Gasteiger partial charge in [-0.25, -0.2) is 0 Å². The van der Waals surface area contributed by atoms with Gasteiger partial charge in [-0.05, 0) is 24.5 Å². The van der Waals surface area contributed by atoms with Gasteiger partial charge in [-0.15, -0.1) is 0 Å². The molecule has 0 aliphatic heterocycles. The van der Waals surface area contributed by atoms with Crippen LogP contribution in [0.15, 0.2) is 24.3 Å². The largest absolute Gasteiger partial charge is 0.491 e. The molecule has 1 aromatic rings. The van der Waals surface area contributed by atoms with E-state index in [9.17, 15) is 0 Å². The molecule has 0 atom stereocenters. The second kappa shape index (κ2) is 7.26. The van der Waals surface area contributed by atoms with Crippen molar-refractivity contribution in [2.75, 3.05) is 26.9 Å². The molecule has 0 aliphatic carbocycles. The predicted octanol–water partition coefficient (Wildman–Crippen LogP) is 1.64. The summed E-state index contributed by atoms with van der Waals surface area (Å²) in [5, 5.41) is 8.77. The topological polar surface area (TPSA) is 38.7 Å². The molecule has 1 N–H and O–H groups in total. The van der Waals surface area contributed by atoms with E-state index in [1.54, 1.807) is 7.11 Å². The SMILES string of the molecule is COCCOc1ccccc1CCCO. The smallest absolute Gasteiger partial charge is 0.122 e. The average molecular weight is 210 g/mol. The van der Waals surface area contributed by atoms with E-state index in [0.29, 0.717) is 13.2 Å². The van der Waals surface area contributed by atoms with Crippen LogP contribution >= 0.6 is 0 Å². The van der Waals surface area contributed by atoms with Crippen LogP contribution in [-0.4, -0.2) is 32.0 Å². The van der Waals surface area contributed by atoms with E-state index in [-0.39, 0.29) is 6.61 Å². The first kappa shape index (κ1) is 12.0. The first-order chi connectivity index (χ1) is 7.38. The summed E-state index contributed by atoms with van der Waals surface area (Å²) in [4.78, 5) is 0. The number of hydrogen-bond donors (Lipinski definition) is 1. The van der Waals surface area contributed by atoms with E-state index in [2.05, 4.69) is 0 Å². The molecule has 0 fully saturated rings. The number of hydrogen-bond acceptors (Lipinski definition) is 3. The number of benzene rings is 1. The summed E-state index contributed by atoms with van der Waals surface area (Å²) in [6.07, 6.45) is 1.62. The van der Waals surface area contributed by atoms with E-state index < -0.39 is 0 Å². The lowest BCUT2D eigenvalue weighted by Crippen LogP contribution is -2.06. The molecule has 0 saturated carbocycles. The number of aryl methyl sites for hydroxylation is 1. The molecule has 15 heavy (non-hydrogen) atoms. The Kier molecular flexibility index (Phi) is 5.81. The third-order valence-electron chi connectivity index (χ3n) is 2.12. The Morgan fingerprint density at radius 2 is 2.00 bits per heavy atom. The Balaban J connectivity index is 2.52. The number of methoxy groups -OCH3 is 1. The number of aliphatic hydroxyl groups is 1. The summed E-state index contributed by atoms with van der Waals surface area (Å²) < 4.78 is 10.5. The number of ether oxygens (including phenoxy) is 2. The Morgan fingerprint density at radius 3 is 2.73 bits per heavy atom. The molecule has 0 bridgehead atoms. The van der Waals surface area contributed by atoms with E-state index in [1.807, 2.05) is 24.3 Å². The summed E-state index contributed by atoms with van der Waals surface area (Å²) in [5.74, 6) is 0.892. The van der Waals surface area contributed by atoms with Crippen molar-refractivity contribution in [2.24, 2.45) is 0 Å². The summed E-state index contributed by atoms with van der Waals surface area (Å²) in [5.41, 5.74) is 1.14. The monoisotopic (exact) mass is 210 g/mol. The van der Waals surface area contributed by atoms with E-state index in [0.717, 1.165) is 24.2 Å². The summed E-state index contributed by atoms with van der Waals surface area (Å²) in [6, 6.07) is 7.90. The molecule has 1 rings (SSSR count). The minimum Gasteiger partial charge on any atom is -0.491 e. The fraction of sp³-hybridized carbons (Fsp3) is 0.500.